The molecular weight excluding hydrogens is 578 g/mol. The number of anilines is 4. The van der Waals surface area contributed by atoms with Gasteiger partial charge in [0.15, 0.2) is 17.7 Å². The second-order valence-corrected chi connectivity index (χ2v) is 9.61. The summed E-state index contributed by atoms with van der Waals surface area (Å²) in [5, 5.41) is 32.3. The van der Waals surface area contributed by atoms with Crippen LogP contribution in [0.2, 0.25) is 0 Å². The Morgan fingerprint density at radius 2 is 1.66 bits per heavy atom. The van der Waals surface area contributed by atoms with Gasteiger partial charge in [-0.05, 0) is 24.1 Å². The molecule has 10 N–H and O–H groups in total. The van der Waals surface area contributed by atoms with Gasteiger partial charge in [-0.3, -0.25) is 4.57 Å². The molecule has 0 radical (unpaired) electrons. The Bertz CT molecular complexity index is 1660. The minimum absolute atomic E-state index is 0.169. The molecule has 5 rings (SSSR count). The highest BCUT2D eigenvalue weighted by molar-refractivity contribution is 5.92. The molecule has 44 heavy (non-hydrogen) atoms. The van der Waals surface area contributed by atoms with Crippen molar-refractivity contribution in [2.45, 2.75) is 38.0 Å². The van der Waals surface area contributed by atoms with E-state index in [1.165, 1.54) is 0 Å². The van der Waals surface area contributed by atoms with Gasteiger partial charge in [0.1, 0.15) is 30.5 Å². The molecule has 0 aliphatic carbocycles. The topological polar surface area (TPSA) is 261 Å². The first-order valence-electron chi connectivity index (χ1n) is 13.2. The van der Waals surface area contributed by atoms with Crippen LogP contribution >= 0.6 is 0 Å². The molecule has 4 aromatic rings. The molecule has 4 atom stereocenters. The van der Waals surface area contributed by atoms with E-state index in [9.17, 15) is 15.0 Å². The highest BCUT2D eigenvalue weighted by Gasteiger charge is 2.43. The van der Waals surface area contributed by atoms with Gasteiger partial charge in [0.2, 0.25) is 17.6 Å². The normalized spacial score (nSPS) is 19.2. The number of hydrogen-bond acceptors (Lipinski definition) is 16. The smallest absolute Gasteiger partial charge is 0.354 e. The van der Waals surface area contributed by atoms with Crippen molar-refractivity contribution in [3.05, 3.63) is 52.2 Å². The molecule has 0 bridgehead atoms. The minimum atomic E-state index is -1.35. The fraction of sp³-hybridized carbons (Fsp3) is 0.370. The second-order valence-electron chi connectivity index (χ2n) is 9.61. The summed E-state index contributed by atoms with van der Waals surface area (Å²) < 4.78 is 22.2. The third-order valence-corrected chi connectivity index (χ3v) is 6.97. The number of nitrogen functional groups attached to an aromatic ring is 3. The number of methoxy groups -OCH3 is 3. The first-order valence-corrected chi connectivity index (χ1v) is 13.2. The van der Waals surface area contributed by atoms with Gasteiger partial charge in [0.05, 0.1) is 33.5 Å². The number of hydrogen-bond donors (Lipinski definition) is 7. The maximum Gasteiger partial charge on any atom is 0.354 e. The molecular formula is C27H35N9O8. The van der Waals surface area contributed by atoms with E-state index in [-0.39, 0.29) is 11.9 Å². The van der Waals surface area contributed by atoms with E-state index in [0.29, 0.717) is 29.6 Å². The monoisotopic (exact) mass is 613 g/mol. The zero-order chi connectivity index (χ0) is 32.1. The Morgan fingerprint density at radius 1 is 0.977 bits per heavy atom. The van der Waals surface area contributed by atoms with Crippen molar-refractivity contribution < 1.29 is 34.3 Å². The van der Waals surface area contributed by atoms with Crippen LogP contribution < -0.4 is 42.4 Å². The summed E-state index contributed by atoms with van der Waals surface area (Å²) in [6.45, 7) is 2.09. The van der Waals surface area contributed by atoms with Gasteiger partial charge in [0, 0.05) is 29.8 Å². The molecule has 1 aliphatic heterocycles. The quantitative estimate of drug-likeness (QED) is 0.133. The summed E-state index contributed by atoms with van der Waals surface area (Å²) >= 11 is 0. The first kappa shape index (κ1) is 32.0. The van der Waals surface area contributed by atoms with Crippen LogP contribution in [-0.4, -0.2) is 86.1 Å². The van der Waals surface area contributed by atoms with Crippen LogP contribution in [0.1, 0.15) is 17.4 Å². The summed E-state index contributed by atoms with van der Waals surface area (Å²) in [7, 11) is 4.75. The van der Waals surface area contributed by atoms with Crippen molar-refractivity contribution in [2.75, 3.05) is 50.5 Å². The second kappa shape index (κ2) is 13.6. The fourth-order valence-corrected chi connectivity index (χ4v) is 4.70. The molecule has 17 heteroatoms. The van der Waals surface area contributed by atoms with Gasteiger partial charge < -0.3 is 56.8 Å². The molecule has 2 aromatic heterocycles. The van der Waals surface area contributed by atoms with Crippen LogP contribution in [0.5, 0.6) is 17.2 Å². The number of fused-ring (bicyclic) bond motifs is 1. The fourth-order valence-electron chi connectivity index (χ4n) is 4.70. The van der Waals surface area contributed by atoms with Crippen LogP contribution in [0.25, 0.3) is 10.9 Å². The molecule has 236 valence electrons. The summed E-state index contributed by atoms with van der Waals surface area (Å²) in [4.78, 5) is 26.7. The number of aromatic nitrogens is 5. The zero-order valence-electron chi connectivity index (χ0n) is 24.5. The van der Waals surface area contributed by atoms with E-state index in [4.69, 9.17) is 41.3 Å². The summed E-state index contributed by atoms with van der Waals surface area (Å²) in [6.07, 6.45) is -3.67. The summed E-state index contributed by atoms with van der Waals surface area (Å²) in [5.41, 5.74) is 19.8. The lowest BCUT2D eigenvalue weighted by Crippen LogP contribution is -2.36. The highest BCUT2D eigenvalue weighted by atomic mass is 16.6. The Morgan fingerprint density at radius 3 is 2.23 bits per heavy atom. The zero-order valence-corrected chi connectivity index (χ0v) is 24.5. The number of ether oxygens (including phenoxy) is 4. The third kappa shape index (κ3) is 6.50. The van der Waals surface area contributed by atoms with Crippen molar-refractivity contribution in [2.24, 2.45) is 0 Å². The first-order chi connectivity index (χ1) is 21.0. The Balaban J connectivity index is 0.000000223. The van der Waals surface area contributed by atoms with E-state index in [2.05, 4.69) is 25.3 Å². The average molecular weight is 614 g/mol. The lowest BCUT2D eigenvalue weighted by Gasteiger charge is -2.16. The number of nitrogens with one attached hydrogen (secondary N) is 1. The van der Waals surface area contributed by atoms with Gasteiger partial charge >= 0.3 is 5.69 Å². The van der Waals surface area contributed by atoms with Crippen LogP contribution in [0, 0.1) is 6.92 Å². The summed E-state index contributed by atoms with van der Waals surface area (Å²) in [6, 6.07) is 7.60. The molecule has 0 spiro atoms. The predicted molar refractivity (Wildman–Crippen MR) is 160 cm³/mol. The van der Waals surface area contributed by atoms with Gasteiger partial charge in [-0.1, -0.05) is 6.07 Å². The molecule has 2 aromatic carbocycles. The van der Waals surface area contributed by atoms with Crippen LogP contribution in [0.15, 0.2) is 35.4 Å². The van der Waals surface area contributed by atoms with Gasteiger partial charge in [-0.2, -0.15) is 9.97 Å². The van der Waals surface area contributed by atoms with Gasteiger partial charge in [0.25, 0.3) is 0 Å². The molecule has 0 saturated carbocycles. The van der Waals surface area contributed by atoms with Crippen molar-refractivity contribution in [3.63, 3.8) is 0 Å². The van der Waals surface area contributed by atoms with Crippen molar-refractivity contribution in [1.29, 1.82) is 0 Å². The molecule has 0 unspecified atom stereocenters. The summed E-state index contributed by atoms with van der Waals surface area (Å²) in [5.74, 6) is 2.07. The van der Waals surface area contributed by atoms with Crippen molar-refractivity contribution in [3.8, 4) is 17.2 Å². The number of aliphatic hydroxyl groups is 3. The maximum atomic E-state index is 11.5. The van der Waals surface area contributed by atoms with Crippen molar-refractivity contribution in [1.82, 2.24) is 24.5 Å². The predicted octanol–water partition coefficient (Wildman–Crippen LogP) is -0.427. The van der Waals surface area contributed by atoms with E-state index in [1.54, 1.807) is 21.3 Å². The van der Waals surface area contributed by atoms with Crippen LogP contribution in [-0.2, 0) is 11.3 Å². The Labute approximate surface area is 251 Å². The van der Waals surface area contributed by atoms with E-state index in [0.717, 1.165) is 38.6 Å². The van der Waals surface area contributed by atoms with E-state index in [1.807, 2.05) is 31.2 Å². The van der Waals surface area contributed by atoms with Crippen molar-refractivity contribution >= 4 is 34.3 Å². The molecule has 1 saturated heterocycles. The number of rotatable bonds is 8. The average Bonchev–Trinajstić information content (AvgIpc) is 3.28. The lowest BCUT2D eigenvalue weighted by atomic mass is 10.0. The Hall–Kier alpha value is -4.97. The minimum Gasteiger partial charge on any atom is -0.493 e. The maximum absolute atomic E-state index is 11.5. The van der Waals surface area contributed by atoms with E-state index >= 15 is 0 Å². The molecule has 1 aliphatic rings. The Kier molecular flexibility index (Phi) is 9.84. The van der Waals surface area contributed by atoms with E-state index < -0.39 is 36.8 Å². The SMILES string of the molecule is COc1cc(NCc2ccc3nc(N)nc(N)c3c2C)cc(OC)c1OC.Nc1ncn([C@@H]2O[C@H](CO)[C@@H](O)[C@H]2O)c(=O)n1. The number of aryl methyl sites for hydroxylation is 1. The highest BCUT2D eigenvalue weighted by Crippen LogP contribution is 2.40. The third-order valence-electron chi connectivity index (χ3n) is 6.97. The number of aliphatic hydroxyl groups excluding tert-OH is 3. The number of benzene rings is 2. The number of nitrogens with zero attached hydrogens (tertiary/aromatic N) is 5. The molecule has 0 amide bonds. The molecule has 1 fully saturated rings. The largest absolute Gasteiger partial charge is 0.493 e. The standard InChI is InChI=1S/C19H23N5O3.C8H12N4O5/c1-10-11(5-6-13-16(10)18(20)24-19(21)23-13)9-22-12-7-14(25-2)17(27-4)15(8-12)26-3;9-7-10-2-12(8(16)11-7)6-5(15)4(14)3(1-13)17-6/h5-8,22H,9H2,1-4H3,(H4,20,21,23,24);2-6,13-15H,1H2,(H2,9,11,16)/t;3-,4-,5-,6-/m.1/s1. The molecule has 17 nitrogen and oxygen atoms in total. The van der Waals surface area contributed by atoms with Crippen LogP contribution in [0.4, 0.5) is 23.4 Å². The molecule has 3 heterocycles. The number of nitrogens with two attached hydrogens (primary N) is 3. The van der Waals surface area contributed by atoms with Gasteiger partial charge in [-0.15, -0.1) is 0 Å². The van der Waals surface area contributed by atoms with Crippen LogP contribution in [0.3, 0.4) is 0 Å². The van der Waals surface area contributed by atoms with Gasteiger partial charge in [-0.25, -0.2) is 14.8 Å². The lowest BCUT2D eigenvalue weighted by molar-refractivity contribution is -0.0554.